The second kappa shape index (κ2) is 9.51. The van der Waals surface area contributed by atoms with Gasteiger partial charge >= 0.3 is 5.97 Å². The molecule has 3 aliphatic rings. The highest BCUT2D eigenvalue weighted by atomic mass is 28.4. The zero-order chi connectivity index (χ0) is 24.9. The molecule has 0 aromatic heterocycles. The average molecular weight is 487 g/mol. The fraction of sp³-hybridized carbons (Fsp3) is 0.960. The number of methoxy groups -OCH3 is 2. The Labute approximate surface area is 201 Å². The number of carbonyl (C=O) groups excluding carboxylic acids is 1. The molecule has 8 heteroatoms. The van der Waals surface area contributed by atoms with E-state index < -0.39 is 19.7 Å². The summed E-state index contributed by atoms with van der Waals surface area (Å²) in [4.78, 5) is 12.5. The summed E-state index contributed by atoms with van der Waals surface area (Å²) in [7, 11) is 0.903. The van der Waals surface area contributed by atoms with E-state index in [-0.39, 0.29) is 42.2 Å². The number of fused-ring (bicyclic) bond motifs is 1. The van der Waals surface area contributed by atoms with Crippen molar-refractivity contribution in [3.05, 3.63) is 0 Å². The highest BCUT2D eigenvalue weighted by Gasteiger charge is 2.73. The molecule has 2 heterocycles. The molecule has 0 spiro atoms. The van der Waals surface area contributed by atoms with Crippen molar-refractivity contribution in [1.29, 1.82) is 0 Å². The third-order valence-corrected chi connectivity index (χ3v) is 14.6. The molecule has 4 unspecified atom stereocenters. The number of hydrogen-bond acceptors (Lipinski definition) is 7. The Kier molecular flexibility index (Phi) is 7.80. The topological polar surface area (TPSA) is 72.5 Å². The van der Waals surface area contributed by atoms with Crippen LogP contribution in [0.3, 0.4) is 0 Å². The van der Waals surface area contributed by atoms with Crippen LogP contribution in [-0.2, 0) is 32.9 Å². The Bertz CT molecular complexity index is 687. The van der Waals surface area contributed by atoms with E-state index in [2.05, 4.69) is 41.5 Å². The molecule has 2 aliphatic heterocycles. The summed E-state index contributed by atoms with van der Waals surface area (Å²) in [5.74, 6) is -1.29. The van der Waals surface area contributed by atoms with Crippen LogP contribution < -0.4 is 0 Å². The molecule has 1 saturated carbocycles. The number of rotatable bonds is 8. The maximum Gasteiger partial charge on any atom is 0.312 e. The van der Waals surface area contributed by atoms with Crippen molar-refractivity contribution in [2.75, 3.05) is 20.8 Å². The second-order valence-electron chi connectivity index (χ2n) is 11.5. The van der Waals surface area contributed by atoms with Gasteiger partial charge in [-0.1, -0.05) is 48.5 Å². The first-order valence-corrected chi connectivity index (χ1v) is 14.7. The Balaban J connectivity index is 1.98. The molecule has 33 heavy (non-hydrogen) atoms. The molecule has 0 bridgehead atoms. The van der Waals surface area contributed by atoms with Gasteiger partial charge in [0.15, 0.2) is 5.79 Å². The first kappa shape index (κ1) is 27.1. The quantitative estimate of drug-likeness (QED) is 0.364. The second-order valence-corrected chi connectivity index (χ2v) is 16.9. The lowest BCUT2D eigenvalue weighted by atomic mass is 9.91. The van der Waals surface area contributed by atoms with Crippen LogP contribution in [0.25, 0.3) is 0 Å². The molecule has 0 radical (unpaired) electrons. The van der Waals surface area contributed by atoms with Crippen molar-refractivity contribution in [1.82, 2.24) is 0 Å². The van der Waals surface area contributed by atoms with Gasteiger partial charge in [-0.25, -0.2) is 0 Å². The van der Waals surface area contributed by atoms with Crippen molar-refractivity contribution >= 4 is 14.3 Å². The standard InChI is InChI=1S/C25H46O7Si/c1-14(2)33(15(3)4,16(5)6)32-18-12-20(25(28-11)17(7)21(25)23(26)27-10)30-19-13-29-24(8,9)31-22(18)19/h14-22H,12-13H2,1-11H3/t17?,18-,19?,20-,21?,22+,25?/m1/s1. The number of ether oxygens (including phenoxy) is 5. The third kappa shape index (κ3) is 4.44. The Morgan fingerprint density at radius 1 is 1.03 bits per heavy atom. The van der Waals surface area contributed by atoms with Gasteiger partial charge in [0, 0.05) is 19.4 Å². The maximum atomic E-state index is 12.5. The largest absolute Gasteiger partial charge is 0.469 e. The molecular weight excluding hydrogens is 440 g/mol. The van der Waals surface area contributed by atoms with Crippen molar-refractivity contribution in [2.45, 2.75) is 121 Å². The number of esters is 1. The molecule has 0 N–H and O–H groups in total. The molecule has 192 valence electrons. The Morgan fingerprint density at radius 3 is 2.09 bits per heavy atom. The van der Waals surface area contributed by atoms with E-state index in [0.717, 1.165) is 0 Å². The van der Waals surface area contributed by atoms with Crippen molar-refractivity contribution < 1.29 is 32.9 Å². The van der Waals surface area contributed by atoms with E-state index in [1.807, 2.05) is 20.8 Å². The average Bonchev–Trinajstić information content (AvgIpc) is 3.35. The zero-order valence-corrected chi connectivity index (χ0v) is 23.5. The van der Waals surface area contributed by atoms with Crippen molar-refractivity contribution in [3.8, 4) is 0 Å². The van der Waals surface area contributed by atoms with Gasteiger partial charge in [0.25, 0.3) is 0 Å². The van der Waals surface area contributed by atoms with Crippen LogP contribution in [0.15, 0.2) is 0 Å². The van der Waals surface area contributed by atoms with Gasteiger partial charge in [-0.15, -0.1) is 0 Å². The molecule has 7 atom stereocenters. The van der Waals surface area contributed by atoms with Gasteiger partial charge in [-0.05, 0) is 30.5 Å². The van der Waals surface area contributed by atoms with Crippen molar-refractivity contribution in [2.24, 2.45) is 11.8 Å². The molecule has 7 nitrogen and oxygen atoms in total. The van der Waals surface area contributed by atoms with Gasteiger partial charge in [0.05, 0.1) is 31.8 Å². The van der Waals surface area contributed by atoms with E-state index in [0.29, 0.717) is 29.7 Å². The van der Waals surface area contributed by atoms with Gasteiger partial charge in [-0.2, -0.15) is 0 Å². The number of carbonyl (C=O) groups is 1. The monoisotopic (exact) mass is 486 g/mol. The first-order chi connectivity index (χ1) is 15.3. The summed E-state index contributed by atoms with van der Waals surface area (Å²) in [5.41, 5.74) is 0.627. The lowest BCUT2D eigenvalue weighted by Crippen LogP contribution is -2.64. The van der Waals surface area contributed by atoms with Gasteiger partial charge < -0.3 is 28.1 Å². The Morgan fingerprint density at radius 2 is 1.61 bits per heavy atom. The Hall–Kier alpha value is -0.513. The van der Waals surface area contributed by atoms with E-state index >= 15 is 0 Å². The summed E-state index contributed by atoms with van der Waals surface area (Å²) in [5, 5.41) is 0. The smallest absolute Gasteiger partial charge is 0.312 e. The van der Waals surface area contributed by atoms with Crippen LogP contribution >= 0.6 is 0 Å². The van der Waals surface area contributed by atoms with Crippen LogP contribution in [0, 0.1) is 11.8 Å². The molecule has 0 amide bonds. The molecule has 0 aromatic carbocycles. The van der Waals surface area contributed by atoms with Gasteiger partial charge in [0.1, 0.15) is 17.8 Å². The summed E-state index contributed by atoms with van der Waals surface area (Å²) in [6, 6.07) is 0. The molecule has 0 aromatic rings. The summed E-state index contributed by atoms with van der Waals surface area (Å²) >= 11 is 0. The summed E-state index contributed by atoms with van der Waals surface area (Å²) in [6.45, 7) is 20.1. The predicted molar refractivity (Wildman–Crippen MR) is 129 cm³/mol. The minimum Gasteiger partial charge on any atom is -0.469 e. The summed E-state index contributed by atoms with van der Waals surface area (Å²) in [6.07, 6.45) is -0.358. The van der Waals surface area contributed by atoms with E-state index in [1.165, 1.54) is 7.11 Å². The first-order valence-electron chi connectivity index (χ1n) is 12.6. The number of hydrogen-bond donors (Lipinski definition) is 0. The van der Waals surface area contributed by atoms with E-state index in [9.17, 15) is 4.79 Å². The van der Waals surface area contributed by atoms with Crippen LogP contribution in [-0.4, -0.2) is 70.9 Å². The minimum atomic E-state index is -2.19. The predicted octanol–water partition coefficient (Wildman–Crippen LogP) is 4.68. The molecule has 1 aliphatic carbocycles. The highest BCUT2D eigenvalue weighted by Crippen LogP contribution is 2.59. The van der Waals surface area contributed by atoms with Crippen LogP contribution in [0.5, 0.6) is 0 Å². The van der Waals surface area contributed by atoms with E-state index in [4.69, 9.17) is 28.1 Å². The molecule has 2 saturated heterocycles. The van der Waals surface area contributed by atoms with Crippen LogP contribution in [0.2, 0.25) is 16.6 Å². The van der Waals surface area contributed by atoms with Gasteiger partial charge in [0.2, 0.25) is 8.32 Å². The lowest BCUT2D eigenvalue weighted by molar-refractivity contribution is -0.349. The zero-order valence-electron chi connectivity index (χ0n) is 22.5. The maximum absolute atomic E-state index is 12.5. The minimum absolute atomic E-state index is 0.00122. The van der Waals surface area contributed by atoms with Crippen LogP contribution in [0.1, 0.15) is 68.7 Å². The summed E-state index contributed by atoms with van der Waals surface area (Å²) < 4.78 is 37.4. The SMILES string of the molecule is COC(=O)C1C(C)C1(OC)[C@H]1C[C@@H](O[Si](C(C)C)(C(C)C)C(C)C)[C@@H]2OC(C)(C)OCC2O1. The van der Waals surface area contributed by atoms with E-state index in [1.54, 1.807) is 7.11 Å². The highest BCUT2D eigenvalue weighted by molar-refractivity contribution is 6.77. The van der Waals surface area contributed by atoms with Gasteiger partial charge in [-0.3, -0.25) is 4.79 Å². The fourth-order valence-electron chi connectivity index (χ4n) is 6.94. The lowest BCUT2D eigenvalue weighted by Gasteiger charge is -2.53. The van der Waals surface area contributed by atoms with Crippen LogP contribution in [0.4, 0.5) is 0 Å². The molecule has 3 fully saturated rings. The third-order valence-electron chi connectivity index (χ3n) is 8.50. The normalized spacial score (nSPS) is 38.5. The van der Waals surface area contributed by atoms with Crippen molar-refractivity contribution in [3.63, 3.8) is 0 Å². The fourth-order valence-corrected chi connectivity index (χ4v) is 12.5. The molecular formula is C25H46O7Si. The molecule has 3 rings (SSSR count).